The number of aliphatic hydroxyl groups excluding tert-OH is 1. The summed E-state index contributed by atoms with van der Waals surface area (Å²) in [6.45, 7) is 1.64. The fraction of sp³-hybridized carbons (Fsp3) is 0.333. The van der Waals surface area contributed by atoms with Crippen molar-refractivity contribution >= 4 is 34.8 Å². The molecule has 7 nitrogen and oxygen atoms in total. The van der Waals surface area contributed by atoms with Crippen LogP contribution < -0.4 is 20.7 Å². The standard InChI is InChI=1S/C21H22ClN3O4/c1-11(26)16-10-14(19(27)23-17-9-12(22)7-8-18(17)29-2)21(25-16)13-5-3-4-6-15(13)24-20(21)28/h3-9,11,14,16,25-26H,10H2,1-2H3,(H,23,27)(H,24,28)/t11-,14+,16-,21-/m1/s1. The summed E-state index contributed by atoms with van der Waals surface area (Å²) in [6.07, 6.45) is -0.431. The molecule has 0 aliphatic carbocycles. The van der Waals surface area contributed by atoms with Crippen molar-refractivity contribution in [2.24, 2.45) is 5.92 Å². The second-order valence-corrected chi connectivity index (χ2v) is 7.86. The largest absolute Gasteiger partial charge is 0.495 e. The van der Waals surface area contributed by atoms with E-state index in [4.69, 9.17) is 16.3 Å². The van der Waals surface area contributed by atoms with Gasteiger partial charge in [-0.2, -0.15) is 0 Å². The number of anilines is 2. The van der Waals surface area contributed by atoms with Gasteiger partial charge >= 0.3 is 0 Å². The van der Waals surface area contributed by atoms with Gasteiger partial charge in [0, 0.05) is 22.3 Å². The first-order valence-corrected chi connectivity index (χ1v) is 9.75. The molecule has 1 saturated heterocycles. The van der Waals surface area contributed by atoms with E-state index >= 15 is 0 Å². The highest BCUT2D eigenvalue weighted by molar-refractivity contribution is 6.31. The number of nitrogens with one attached hydrogen (secondary N) is 3. The number of halogens is 1. The number of hydrogen-bond donors (Lipinski definition) is 4. The topological polar surface area (TPSA) is 99.7 Å². The smallest absolute Gasteiger partial charge is 0.250 e. The molecule has 29 heavy (non-hydrogen) atoms. The zero-order valence-corrected chi connectivity index (χ0v) is 16.8. The molecule has 4 N–H and O–H groups in total. The van der Waals surface area contributed by atoms with Gasteiger partial charge in [0.2, 0.25) is 11.8 Å². The third kappa shape index (κ3) is 3.15. The Balaban J connectivity index is 1.74. The Morgan fingerprint density at radius 3 is 2.83 bits per heavy atom. The fourth-order valence-electron chi connectivity index (χ4n) is 4.27. The molecule has 2 aliphatic heterocycles. The van der Waals surface area contributed by atoms with E-state index in [0.717, 1.165) is 0 Å². The van der Waals surface area contributed by atoms with E-state index < -0.39 is 23.6 Å². The number of rotatable bonds is 4. The minimum absolute atomic E-state index is 0.300. The highest BCUT2D eigenvalue weighted by Gasteiger charge is 2.60. The number of carbonyl (C=O) groups excluding carboxylic acids is 2. The Labute approximate surface area is 173 Å². The molecule has 2 heterocycles. The van der Waals surface area contributed by atoms with Gasteiger partial charge in [-0.3, -0.25) is 14.9 Å². The van der Waals surface area contributed by atoms with Crippen LogP contribution in [0.2, 0.25) is 5.02 Å². The SMILES string of the molecule is COc1ccc(Cl)cc1NC(=O)[C@@H]1C[C@H]([C@@H](C)O)N[C@@]12C(=O)Nc1ccccc12. The molecule has 2 aromatic rings. The quantitative estimate of drug-likeness (QED) is 0.614. The lowest BCUT2D eigenvalue weighted by Gasteiger charge is -2.29. The van der Waals surface area contributed by atoms with E-state index in [2.05, 4.69) is 16.0 Å². The molecule has 0 radical (unpaired) electrons. The van der Waals surface area contributed by atoms with E-state index in [1.807, 2.05) is 18.2 Å². The first-order valence-electron chi connectivity index (χ1n) is 9.38. The zero-order chi connectivity index (χ0) is 20.8. The summed E-state index contributed by atoms with van der Waals surface area (Å²) in [5, 5.41) is 19.6. The number of methoxy groups -OCH3 is 1. The summed E-state index contributed by atoms with van der Waals surface area (Å²) in [4.78, 5) is 26.5. The Bertz CT molecular complexity index is 980. The predicted octanol–water partition coefficient (Wildman–Crippen LogP) is 2.49. The molecule has 1 spiro atoms. The number of carbonyl (C=O) groups is 2. The van der Waals surface area contributed by atoms with E-state index in [0.29, 0.717) is 34.1 Å². The Morgan fingerprint density at radius 2 is 2.10 bits per heavy atom. The van der Waals surface area contributed by atoms with Crippen molar-refractivity contribution in [3.05, 3.63) is 53.1 Å². The van der Waals surface area contributed by atoms with Crippen molar-refractivity contribution < 1.29 is 19.4 Å². The molecule has 0 unspecified atom stereocenters. The van der Waals surface area contributed by atoms with Crippen LogP contribution in [0.15, 0.2) is 42.5 Å². The molecule has 4 atom stereocenters. The number of benzene rings is 2. The van der Waals surface area contributed by atoms with Crippen LogP contribution in [-0.4, -0.2) is 36.2 Å². The molecule has 8 heteroatoms. The lowest BCUT2D eigenvalue weighted by Crippen LogP contribution is -2.53. The average Bonchev–Trinajstić information content (AvgIpc) is 3.22. The maximum atomic E-state index is 13.4. The summed E-state index contributed by atoms with van der Waals surface area (Å²) >= 11 is 6.08. The van der Waals surface area contributed by atoms with Crippen molar-refractivity contribution in [1.29, 1.82) is 0 Å². The molecule has 4 rings (SSSR count). The molecule has 0 aromatic heterocycles. The van der Waals surface area contributed by atoms with E-state index in [9.17, 15) is 14.7 Å². The van der Waals surface area contributed by atoms with Gasteiger partial charge in [-0.15, -0.1) is 0 Å². The summed E-state index contributed by atoms with van der Waals surface area (Å²) < 4.78 is 5.31. The molecule has 2 aliphatic rings. The zero-order valence-electron chi connectivity index (χ0n) is 16.0. The molecule has 2 aromatic carbocycles. The van der Waals surface area contributed by atoms with Gasteiger partial charge in [0.05, 0.1) is 24.8 Å². The normalized spacial score (nSPS) is 26.1. The van der Waals surface area contributed by atoms with Crippen molar-refractivity contribution in [3.63, 3.8) is 0 Å². The predicted molar refractivity (Wildman–Crippen MR) is 110 cm³/mol. The summed E-state index contributed by atoms with van der Waals surface area (Å²) in [5.74, 6) is -0.936. The highest BCUT2D eigenvalue weighted by Crippen LogP contribution is 2.47. The van der Waals surface area contributed by atoms with Crippen molar-refractivity contribution in [2.75, 3.05) is 17.7 Å². The third-order valence-electron chi connectivity index (χ3n) is 5.70. The fourth-order valence-corrected chi connectivity index (χ4v) is 4.44. The van der Waals surface area contributed by atoms with Crippen LogP contribution in [-0.2, 0) is 15.1 Å². The van der Waals surface area contributed by atoms with Gasteiger partial charge in [-0.05, 0) is 37.6 Å². The molecule has 2 amide bonds. The molecular formula is C21H22ClN3O4. The van der Waals surface area contributed by atoms with Gasteiger partial charge in [-0.1, -0.05) is 29.8 Å². The molecular weight excluding hydrogens is 394 g/mol. The number of aliphatic hydroxyl groups is 1. The summed E-state index contributed by atoms with van der Waals surface area (Å²) in [6, 6.07) is 11.8. The van der Waals surface area contributed by atoms with Crippen LogP contribution >= 0.6 is 11.6 Å². The van der Waals surface area contributed by atoms with Gasteiger partial charge in [0.15, 0.2) is 0 Å². The minimum atomic E-state index is -1.26. The Kier molecular flexibility index (Phi) is 4.98. The van der Waals surface area contributed by atoms with Crippen LogP contribution in [0.5, 0.6) is 5.75 Å². The van der Waals surface area contributed by atoms with E-state index in [1.165, 1.54) is 7.11 Å². The number of para-hydroxylation sites is 1. The van der Waals surface area contributed by atoms with Crippen LogP contribution in [0.4, 0.5) is 11.4 Å². The molecule has 0 bridgehead atoms. The molecule has 152 valence electrons. The van der Waals surface area contributed by atoms with Crippen molar-refractivity contribution in [3.8, 4) is 5.75 Å². The van der Waals surface area contributed by atoms with Gasteiger partial charge < -0.3 is 20.5 Å². The Hall–Kier alpha value is -2.61. The molecule has 1 fully saturated rings. The van der Waals surface area contributed by atoms with Crippen LogP contribution in [0.1, 0.15) is 18.9 Å². The van der Waals surface area contributed by atoms with Gasteiger partial charge in [0.25, 0.3) is 0 Å². The van der Waals surface area contributed by atoms with Crippen molar-refractivity contribution in [1.82, 2.24) is 5.32 Å². The first kappa shape index (κ1) is 19.7. The van der Waals surface area contributed by atoms with E-state index in [1.54, 1.807) is 31.2 Å². The number of ether oxygens (including phenoxy) is 1. The van der Waals surface area contributed by atoms with Crippen molar-refractivity contribution in [2.45, 2.75) is 31.0 Å². The number of hydrogen-bond acceptors (Lipinski definition) is 5. The summed E-state index contributed by atoms with van der Waals surface area (Å²) in [5.41, 5.74) is 0.529. The van der Waals surface area contributed by atoms with Gasteiger partial charge in [-0.25, -0.2) is 0 Å². The maximum Gasteiger partial charge on any atom is 0.250 e. The van der Waals surface area contributed by atoms with Gasteiger partial charge in [0.1, 0.15) is 11.3 Å². The second-order valence-electron chi connectivity index (χ2n) is 7.42. The highest BCUT2D eigenvalue weighted by atomic mass is 35.5. The third-order valence-corrected chi connectivity index (χ3v) is 5.94. The minimum Gasteiger partial charge on any atom is -0.495 e. The lowest BCUT2D eigenvalue weighted by molar-refractivity contribution is -0.130. The van der Waals surface area contributed by atoms with E-state index in [-0.39, 0.29) is 11.8 Å². The second kappa shape index (κ2) is 7.33. The van der Waals surface area contributed by atoms with Crippen LogP contribution in [0.3, 0.4) is 0 Å². The first-order chi connectivity index (χ1) is 13.9. The average molecular weight is 416 g/mol. The Morgan fingerprint density at radius 1 is 1.34 bits per heavy atom. The number of amides is 2. The molecule has 0 saturated carbocycles. The lowest BCUT2D eigenvalue weighted by atomic mass is 9.79. The monoisotopic (exact) mass is 415 g/mol. The number of fused-ring (bicyclic) bond motifs is 2. The summed E-state index contributed by atoms with van der Waals surface area (Å²) in [7, 11) is 1.50. The van der Waals surface area contributed by atoms with Crippen LogP contribution in [0.25, 0.3) is 0 Å². The van der Waals surface area contributed by atoms with Crippen LogP contribution in [0, 0.1) is 5.92 Å². The maximum absolute atomic E-state index is 13.4.